The highest BCUT2D eigenvalue weighted by atomic mass is 16.5. The number of carbonyl (C=O) groups excluding carboxylic acids is 2. The average Bonchev–Trinajstić information content (AvgIpc) is 2.81. The lowest BCUT2D eigenvalue weighted by Crippen LogP contribution is -2.61. The highest BCUT2D eigenvalue weighted by Crippen LogP contribution is 2.33. The number of carbonyl (C=O) groups is 3. The Labute approximate surface area is 219 Å². The zero-order valence-electron chi connectivity index (χ0n) is 22.1. The Balaban J connectivity index is 1.75. The van der Waals surface area contributed by atoms with Crippen LogP contribution in [0.25, 0.3) is 0 Å². The van der Waals surface area contributed by atoms with Crippen molar-refractivity contribution in [3.8, 4) is 5.75 Å². The summed E-state index contributed by atoms with van der Waals surface area (Å²) >= 11 is 0. The molecule has 0 radical (unpaired) electrons. The molecule has 0 spiro atoms. The van der Waals surface area contributed by atoms with Gasteiger partial charge in [0, 0.05) is 19.1 Å². The number of hydrogen-bond donors (Lipinski definition) is 5. The van der Waals surface area contributed by atoms with Crippen LogP contribution in [-0.2, 0) is 20.7 Å². The van der Waals surface area contributed by atoms with Gasteiger partial charge in [-0.3, -0.25) is 4.79 Å². The molecule has 0 unspecified atom stereocenters. The standard InChI is InChI=1S/C27H42N4O6/c1-17(2)23-16-36-10-4-5-11-37-21-8-6-18(7-9-21)14-22(24(32)29-23)30-26(35)31-27(3,25(33)34)15-19-12-20(28)13-19/h6-9,17,19-20,22-23H,4-5,10-16,28H2,1-3H3,(H,29,32)(H,33,34)(H2,30,31,35)/t19-,20-,22-,23-,27+/m1/s1. The van der Waals surface area contributed by atoms with Gasteiger partial charge in [-0.05, 0) is 68.6 Å². The summed E-state index contributed by atoms with van der Waals surface area (Å²) in [7, 11) is 0. The zero-order valence-corrected chi connectivity index (χ0v) is 22.1. The third kappa shape index (κ3) is 8.60. The number of ether oxygens (including phenoxy) is 2. The van der Waals surface area contributed by atoms with Gasteiger partial charge in [0.2, 0.25) is 5.91 Å². The molecule has 1 fully saturated rings. The Bertz CT molecular complexity index is 918. The molecule has 10 nitrogen and oxygen atoms in total. The van der Waals surface area contributed by atoms with Crippen LogP contribution in [0.4, 0.5) is 4.79 Å². The Morgan fingerprint density at radius 1 is 1.19 bits per heavy atom. The number of fused-ring (bicyclic) bond motifs is 13. The van der Waals surface area contributed by atoms with Gasteiger partial charge in [0.25, 0.3) is 0 Å². The Hall–Kier alpha value is -2.85. The van der Waals surface area contributed by atoms with Crippen LogP contribution in [0.3, 0.4) is 0 Å². The Kier molecular flexibility index (Phi) is 10.2. The quantitative estimate of drug-likeness (QED) is 0.387. The summed E-state index contributed by atoms with van der Waals surface area (Å²) in [6.07, 6.45) is 3.67. The minimum absolute atomic E-state index is 0.0774. The van der Waals surface area contributed by atoms with Crippen molar-refractivity contribution in [3.63, 3.8) is 0 Å². The molecule has 10 heteroatoms. The fraction of sp³-hybridized carbons (Fsp3) is 0.667. The number of carboxylic acid groups (broad SMARTS) is 1. The Morgan fingerprint density at radius 2 is 1.86 bits per heavy atom. The van der Waals surface area contributed by atoms with Crippen LogP contribution in [0.15, 0.2) is 24.3 Å². The van der Waals surface area contributed by atoms with E-state index in [1.54, 1.807) is 0 Å². The summed E-state index contributed by atoms with van der Waals surface area (Å²) in [6, 6.07) is 5.63. The van der Waals surface area contributed by atoms with E-state index in [9.17, 15) is 19.5 Å². The van der Waals surface area contributed by atoms with Gasteiger partial charge in [0.15, 0.2) is 0 Å². The first kappa shape index (κ1) is 28.7. The highest BCUT2D eigenvalue weighted by Gasteiger charge is 2.41. The van der Waals surface area contributed by atoms with Crippen molar-refractivity contribution in [1.29, 1.82) is 0 Å². The molecule has 6 N–H and O–H groups in total. The SMILES string of the molecule is CC(C)[C@H]1COCCCCOc2ccc(cc2)C[C@@H](NC(=O)N[C@@](C)(C[C@H]2C[C@H](N)C2)C(=O)O)C(=O)N1. The smallest absolute Gasteiger partial charge is 0.329 e. The van der Waals surface area contributed by atoms with Crippen molar-refractivity contribution >= 4 is 17.9 Å². The first-order chi connectivity index (χ1) is 17.6. The number of benzene rings is 1. The second-order valence-electron chi connectivity index (χ2n) is 10.9. The molecule has 3 atom stereocenters. The number of amides is 3. The molecule has 0 saturated heterocycles. The van der Waals surface area contributed by atoms with Crippen molar-refractivity contribution in [1.82, 2.24) is 16.0 Å². The largest absolute Gasteiger partial charge is 0.494 e. The van der Waals surface area contributed by atoms with E-state index in [2.05, 4.69) is 16.0 Å². The van der Waals surface area contributed by atoms with Gasteiger partial charge in [0.05, 0.1) is 19.3 Å². The maximum atomic E-state index is 13.4. The number of urea groups is 1. The lowest BCUT2D eigenvalue weighted by molar-refractivity contribution is -0.144. The number of hydrogen-bond acceptors (Lipinski definition) is 6. The molecule has 1 saturated carbocycles. The van der Waals surface area contributed by atoms with Crippen LogP contribution < -0.4 is 26.4 Å². The molecule has 206 valence electrons. The van der Waals surface area contributed by atoms with Crippen molar-refractivity contribution < 1.29 is 29.0 Å². The molecule has 2 aliphatic heterocycles. The molecule has 3 amide bonds. The Morgan fingerprint density at radius 3 is 2.49 bits per heavy atom. The van der Waals surface area contributed by atoms with Crippen LogP contribution in [0, 0.1) is 11.8 Å². The van der Waals surface area contributed by atoms with Gasteiger partial charge in [-0.15, -0.1) is 0 Å². The van der Waals surface area contributed by atoms with Crippen LogP contribution in [0.5, 0.6) is 5.75 Å². The first-order valence-electron chi connectivity index (χ1n) is 13.2. The fourth-order valence-electron chi connectivity index (χ4n) is 4.73. The van der Waals surface area contributed by atoms with Gasteiger partial charge < -0.3 is 36.3 Å². The summed E-state index contributed by atoms with van der Waals surface area (Å²) in [6.45, 7) is 7.00. The number of nitrogens with two attached hydrogens (primary N) is 1. The minimum Gasteiger partial charge on any atom is -0.494 e. The van der Waals surface area contributed by atoms with Crippen LogP contribution >= 0.6 is 0 Å². The number of aliphatic carboxylic acids is 1. The minimum atomic E-state index is -1.48. The van der Waals surface area contributed by atoms with E-state index >= 15 is 0 Å². The van der Waals surface area contributed by atoms with E-state index in [1.807, 2.05) is 38.1 Å². The molecule has 2 bridgehead atoms. The van der Waals surface area contributed by atoms with E-state index < -0.39 is 23.6 Å². The maximum absolute atomic E-state index is 13.4. The molecular weight excluding hydrogens is 476 g/mol. The summed E-state index contributed by atoms with van der Waals surface area (Å²) in [4.78, 5) is 38.5. The van der Waals surface area contributed by atoms with Crippen LogP contribution in [0.2, 0.25) is 0 Å². The second kappa shape index (κ2) is 13.1. The molecule has 1 aliphatic carbocycles. The predicted molar refractivity (Wildman–Crippen MR) is 139 cm³/mol. The van der Waals surface area contributed by atoms with Gasteiger partial charge in [-0.25, -0.2) is 9.59 Å². The van der Waals surface area contributed by atoms with E-state index in [0.717, 1.165) is 37.0 Å². The monoisotopic (exact) mass is 518 g/mol. The zero-order chi connectivity index (χ0) is 27.0. The van der Waals surface area contributed by atoms with E-state index in [0.29, 0.717) is 19.8 Å². The van der Waals surface area contributed by atoms with Gasteiger partial charge >= 0.3 is 12.0 Å². The molecule has 1 aromatic rings. The molecule has 2 heterocycles. The van der Waals surface area contributed by atoms with E-state index in [1.165, 1.54) is 6.92 Å². The van der Waals surface area contributed by atoms with Crippen molar-refractivity contribution in [2.75, 3.05) is 19.8 Å². The van der Waals surface area contributed by atoms with Crippen molar-refractivity contribution in [2.24, 2.45) is 17.6 Å². The molecule has 3 aliphatic rings. The van der Waals surface area contributed by atoms with E-state index in [4.69, 9.17) is 15.2 Å². The average molecular weight is 519 g/mol. The number of nitrogens with one attached hydrogen (secondary N) is 3. The van der Waals surface area contributed by atoms with Crippen molar-refractivity contribution in [3.05, 3.63) is 29.8 Å². The third-order valence-corrected chi connectivity index (χ3v) is 7.20. The molecule has 1 aromatic carbocycles. The summed E-state index contributed by atoms with van der Waals surface area (Å²) < 4.78 is 11.6. The van der Waals surface area contributed by atoms with Crippen LogP contribution in [-0.4, -0.2) is 66.5 Å². The van der Waals surface area contributed by atoms with Gasteiger partial charge in [0.1, 0.15) is 17.3 Å². The molecule has 4 rings (SSSR count). The topological polar surface area (TPSA) is 152 Å². The summed E-state index contributed by atoms with van der Waals surface area (Å²) in [5, 5.41) is 18.2. The van der Waals surface area contributed by atoms with Gasteiger partial charge in [-0.2, -0.15) is 0 Å². The summed E-state index contributed by atoms with van der Waals surface area (Å²) in [5.74, 6) is -0.500. The molecule has 37 heavy (non-hydrogen) atoms. The number of carboxylic acids is 1. The maximum Gasteiger partial charge on any atom is 0.329 e. The summed E-state index contributed by atoms with van der Waals surface area (Å²) in [5.41, 5.74) is 5.21. The molecule has 0 aromatic heterocycles. The highest BCUT2D eigenvalue weighted by molar-refractivity contribution is 5.90. The lowest BCUT2D eigenvalue weighted by atomic mass is 9.73. The lowest BCUT2D eigenvalue weighted by Gasteiger charge is -2.38. The fourth-order valence-corrected chi connectivity index (χ4v) is 4.73. The predicted octanol–water partition coefficient (Wildman–Crippen LogP) is 2.20. The van der Waals surface area contributed by atoms with Crippen molar-refractivity contribution in [2.45, 2.75) is 83.0 Å². The normalized spacial score (nSPS) is 26.8. The van der Waals surface area contributed by atoms with E-state index in [-0.39, 0.29) is 42.7 Å². The number of rotatable bonds is 6. The first-order valence-corrected chi connectivity index (χ1v) is 13.2. The van der Waals surface area contributed by atoms with Crippen LogP contribution in [0.1, 0.15) is 58.4 Å². The van der Waals surface area contributed by atoms with Gasteiger partial charge in [-0.1, -0.05) is 26.0 Å². The second-order valence-corrected chi connectivity index (χ2v) is 10.9. The molecular formula is C27H42N4O6. The third-order valence-electron chi connectivity index (χ3n) is 7.20.